The third kappa shape index (κ3) is 6.21. The van der Waals surface area contributed by atoms with Gasteiger partial charge in [0, 0.05) is 56.6 Å². The highest BCUT2D eigenvalue weighted by Gasteiger charge is 2.21. The topological polar surface area (TPSA) is 48.5 Å². The summed E-state index contributed by atoms with van der Waals surface area (Å²) in [6.45, 7) is 5.09. The summed E-state index contributed by atoms with van der Waals surface area (Å²) in [5.74, 6) is 0.254. The van der Waals surface area contributed by atoms with Gasteiger partial charge in [-0.2, -0.15) is 0 Å². The second-order valence-corrected chi connectivity index (χ2v) is 6.88. The minimum Gasteiger partial charge on any atom is -0.340 e. The van der Waals surface area contributed by atoms with E-state index in [-0.39, 0.29) is 30.7 Å². The number of nitrogens with zero attached hydrogens (tertiary/aromatic N) is 3. The van der Waals surface area contributed by atoms with Crippen molar-refractivity contribution in [2.45, 2.75) is 13.0 Å². The van der Waals surface area contributed by atoms with Crippen LogP contribution in [-0.4, -0.2) is 60.5 Å². The van der Waals surface area contributed by atoms with E-state index in [1.165, 1.54) is 5.56 Å². The maximum atomic E-state index is 12.0. The summed E-state index contributed by atoms with van der Waals surface area (Å²) in [5, 5.41) is 6.25. The molecular weight excluding hydrogens is 391 g/mol. The van der Waals surface area contributed by atoms with E-state index in [0.717, 1.165) is 50.0 Å². The number of carbonyl (C=O) groups is 1. The molecule has 1 N–H and O–H groups in total. The predicted octanol–water partition coefficient (Wildman–Crippen LogP) is 2.91. The Balaban J connectivity index is 0.00000169. The van der Waals surface area contributed by atoms with Crippen LogP contribution in [0, 0.1) is 0 Å². The van der Waals surface area contributed by atoms with Gasteiger partial charge in [-0.3, -0.25) is 9.69 Å². The van der Waals surface area contributed by atoms with Crippen LogP contribution in [0.4, 0.5) is 0 Å². The third-order valence-corrected chi connectivity index (χ3v) is 5.21. The fourth-order valence-electron chi connectivity index (χ4n) is 2.87. The average molecular weight is 417 g/mol. The van der Waals surface area contributed by atoms with Gasteiger partial charge in [-0.05, 0) is 7.05 Å². The molecule has 0 saturated carbocycles. The molecule has 1 saturated heterocycles. The molecule has 1 aromatic heterocycles. The molecule has 1 aliphatic rings. The number of hydrogen-bond acceptors (Lipinski definition) is 5. The number of hydrogen-bond donors (Lipinski definition) is 1. The first-order valence-corrected chi connectivity index (χ1v) is 9.29. The molecule has 2 heterocycles. The van der Waals surface area contributed by atoms with Crippen LogP contribution < -0.4 is 5.32 Å². The molecule has 26 heavy (non-hydrogen) atoms. The monoisotopic (exact) mass is 416 g/mol. The predicted molar refractivity (Wildman–Crippen MR) is 112 cm³/mol. The number of amides is 1. The Bertz CT molecular complexity index is 660. The van der Waals surface area contributed by atoms with Gasteiger partial charge in [0.2, 0.25) is 5.91 Å². The zero-order valence-electron chi connectivity index (χ0n) is 14.9. The van der Waals surface area contributed by atoms with Crippen molar-refractivity contribution in [1.82, 2.24) is 20.1 Å². The fraction of sp³-hybridized carbons (Fsp3) is 0.444. The Morgan fingerprint density at radius 2 is 1.85 bits per heavy atom. The number of benzene rings is 1. The van der Waals surface area contributed by atoms with Gasteiger partial charge in [-0.15, -0.1) is 36.2 Å². The molecule has 1 aliphatic heterocycles. The fourth-order valence-corrected chi connectivity index (χ4v) is 3.68. The van der Waals surface area contributed by atoms with Crippen LogP contribution in [0.5, 0.6) is 0 Å². The summed E-state index contributed by atoms with van der Waals surface area (Å²) in [6.07, 6.45) is 0.586. The number of thiazole rings is 1. The van der Waals surface area contributed by atoms with E-state index in [9.17, 15) is 4.79 Å². The van der Waals surface area contributed by atoms with E-state index >= 15 is 0 Å². The summed E-state index contributed by atoms with van der Waals surface area (Å²) in [4.78, 5) is 21.2. The van der Waals surface area contributed by atoms with Gasteiger partial charge in [-0.1, -0.05) is 30.3 Å². The minimum atomic E-state index is 0. The molecule has 1 aromatic carbocycles. The minimum absolute atomic E-state index is 0. The zero-order chi connectivity index (χ0) is 16.8. The Morgan fingerprint density at radius 1 is 1.15 bits per heavy atom. The standard InChI is InChI=1S/C18H24N4OS.2ClH/c1-19-8-7-17(23)22-11-9-21(10-12-22)13-16-14-24-18(20-16)15-5-3-2-4-6-15;;/h2-6,14,19H,7-13H2,1H3;2*1H. The number of aromatic nitrogens is 1. The van der Waals surface area contributed by atoms with E-state index in [2.05, 4.69) is 27.7 Å². The van der Waals surface area contributed by atoms with Crippen molar-refractivity contribution >= 4 is 42.1 Å². The smallest absolute Gasteiger partial charge is 0.223 e. The first kappa shape index (κ1) is 22.9. The van der Waals surface area contributed by atoms with Crippen molar-refractivity contribution in [3.63, 3.8) is 0 Å². The molecule has 3 rings (SSSR count). The molecule has 144 valence electrons. The summed E-state index contributed by atoms with van der Waals surface area (Å²) in [5.41, 5.74) is 2.29. The van der Waals surface area contributed by atoms with E-state index in [1.54, 1.807) is 11.3 Å². The van der Waals surface area contributed by atoms with Crippen LogP contribution in [-0.2, 0) is 11.3 Å². The Labute approximate surface area is 171 Å². The van der Waals surface area contributed by atoms with E-state index in [1.807, 2.05) is 30.1 Å². The van der Waals surface area contributed by atoms with Crippen LogP contribution >= 0.6 is 36.2 Å². The third-order valence-electron chi connectivity index (χ3n) is 4.27. The van der Waals surface area contributed by atoms with Crippen LogP contribution in [0.1, 0.15) is 12.1 Å². The zero-order valence-corrected chi connectivity index (χ0v) is 17.3. The number of halogens is 2. The van der Waals surface area contributed by atoms with Crippen LogP contribution in [0.25, 0.3) is 10.6 Å². The molecule has 2 aromatic rings. The van der Waals surface area contributed by atoms with Crippen molar-refractivity contribution < 1.29 is 4.79 Å². The molecule has 0 atom stereocenters. The van der Waals surface area contributed by atoms with Crippen molar-refractivity contribution in [2.24, 2.45) is 0 Å². The van der Waals surface area contributed by atoms with Gasteiger partial charge < -0.3 is 10.2 Å². The molecule has 5 nitrogen and oxygen atoms in total. The average Bonchev–Trinajstić information content (AvgIpc) is 3.09. The van der Waals surface area contributed by atoms with Gasteiger partial charge in [0.05, 0.1) is 5.69 Å². The Kier molecular flexibility index (Phi) is 10.1. The van der Waals surface area contributed by atoms with Gasteiger partial charge in [0.25, 0.3) is 0 Å². The van der Waals surface area contributed by atoms with E-state index in [4.69, 9.17) is 4.98 Å². The molecule has 0 spiro atoms. The first-order valence-electron chi connectivity index (χ1n) is 8.41. The number of carbonyl (C=O) groups excluding carboxylic acids is 1. The first-order chi connectivity index (χ1) is 11.8. The van der Waals surface area contributed by atoms with Crippen LogP contribution in [0.2, 0.25) is 0 Å². The highest BCUT2D eigenvalue weighted by atomic mass is 35.5. The second-order valence-electron chi connectivity index (χ2n) is 6.02. The molecule has 1 amide bonds. The summed E-state index contributed by atoms with van der Waals surface area (Å²) in [7, 11) is 1.88. The highest BCUT2D eigenvalue weighted by Crippen LogP contribution is 2.24. The largest absolute Gasteiger partial charge is 0.340 e. The molecule has 0 unspecified atom stereocenters. The van der Waals surface area contributed by atoms with Crippen LogP contribution in [0.3, 0.4) is 0 Å². The normalized spacial score (nSPS) is 14.4. The van der Waals surface area contributed by atoms with Crippen molar-refractivity contribution in [3.8, 4) is 10.6 Å². The van der Waals surface area contributed by atoms with Crippen molar-refractivity contribution in [1.29, 1.82) is 0 Å². The molecule has 0 bridgehead atoms. The lowest BCUT2D eigenvalue weighted by atomic mass is 10.2. The maximum absolute atomic E-state index is 12.0. The summed E-state index contributed by atoms with van der Waals surface area (Å²) >= 11 is 1.70. The maximum Gasteiger partial charge on any atom is 0.223 e. The van der Waals surface area contributed by atoms with E-state index < -0.39 is 0 Å². The van der Waals surface area contributed by atoms with Gasteiger partial charge in [0.15, 0.2) is 0 Å². The number of nitrogens with one attached hydrogen (secondary N) is 1. The summed E-state index contributed by atoms with van der Waals surface area (Å²) < 4.78 is 0. The van der Waals surface area contributed by atoms with E-state index in [0.29, 0.717) is 6.42 Å². The lowest BCUT2D eigenvalue weighted by molar-refractivity contribution is -0.132. The summed E-state index contributed by atoms with van der Waals surface area (Å²) in [6, 6.07) is 10.3. The molecule has 8 heteroatoms. The highest BCUT2D eigenvalue weighted by molar-refractivity contribution is 7.13. The lowest BCUT2D eigenvalue weighted by Crippen LogP contribution is -2.48. The molecule has 0 radical (unpaired) electrons. The Hall–Kier alpha value is -1.18. The van der Waals surface area contributed by atoms with Crippen molar-refractivity contribution in [2.75, 3.05) is 39.8 Å². The van der Waals surface area contributed by atoms with Gasteiger partial charge in [0.1, 0.15) is 5.01 Å². The quantitative estimate of drug-likeness (QED) is 0.786. The van der Waals surface area contributed by atoms with Crippen molar-refractivity contribution in [3.05, 3.63) is 41.4 Å². The second kappa shape index (κ2) is 11.5. The molecule has 1 fully saturated rings. The molecular formula is C18H26Cl2N4OS. The van der Waals surface area contributed by atoms with Crippen LogP contribution in [0.15, 0.2) is 35.7 Å². The Morgan fingerprint density at radius 3 is 2.50 bits per heavy atom. The lowest BCUT2D eigenvalue weighted by Gasteiger charge is -2.34. The van der Waals surface area contributed by atoms with Gasteiger partial charge >= 0.3 is 0 Å². The number of rotatable bonds is 6. The number of piperazine rings is 1. The SMILES string of the molecule is CNCCC(=O)N1CCN(Cc2csc(-c3ccccc3)n2)CC1.Cl.Cl. The molecule has 0 aliphatic carbocycles. The van der Waals surface area contributed by atoms with Gasteiger partial charge in [-0.25, -0.2) is 4.98 Å².